The average Bonchev–Trinajstić information content (AvgIpc) is 3.34. The van der Waals surface area contributed by atoms with E-state index in [2.05, 4.69) is 20.9 Å². The molecule has 1 heterocycles. The second-order valence-corrected chi connectivity index (χ2v) is 11.0. The zero-order valence-electron chi connectivity index (χ0n) is 24.1. The molecule has 0 radical (unpaired) electrons. The van der Waals surface area contributed by atoms with Gasteiger partial charge in [-0.2, -0.15) is 0 Å². The summed E-state index contributed by atoms with van der Waals surface area (Å²) in [6.07, 6.45) is -0.672. The van der Waals surface area contributed by atoms with Gasteiger partial charge in [0, 0.05) is 23.0 Å². The lowest BCUT2D eigenvalue weighted by Crippen LogP contribution is -2.67. The number of amides is 4. The van der Waals surface area contributed by atoms with Gasteiger partial charge in [0.15, 0.2) is 0 Å². The third kappa shape index (κ3) is 6.73. The van der Waals surface area contributed by atoms with Crippen molar-refractivity contribution < 1.29 is 29.0 Å². The minimum Gasteiger partial charge on any atom is -0.445 e. The first-order valence-corrected chi connectivity index (χ1v) is 14.2. The summed E-state index contributed by atoms with van der Waals surface area (Å²) < 4.78 is 5.36. The van der Waals surface area contributed by atoms with Gasteiger partial charge in [0.2, 0.25) is 17.7 Å². The minimum absolute atomic E-state index is 0.0328. The third-order valence-corrected chi connectivity index (χ3v) is 8.04. The molecular weight excluding hydrogens is 538 g/mol. The molecule has 42 heavy (non-hydrogen) atoms. The molecule has 0 unspecified atom stereocenters. The number of primary amides is 1. The molecule has 0 saturated carbocycles. The van der Waals surface area contributed by atoms with Gasteiger partial charge >= 0.3 is 6.09 Å². The number of alkyl carbamates (subject to hydrolysis) is 1. The van der Waals surface area contributed by atoms with Crippen molar-refractivity contribution in [2.75, 3.05) is 0 Å². The number of benzene rings is 2. The fourth-order valence-corrected chi connectivity index (χ4v) is 5.37. The lowest BCUT2D eigenvalue weighted by Gasteiger charge is -2.39. The molecule has 1 aliphatic carbocycles. The van der Waals surface area contributed by atoms with E-state index in [0.29, 0.717) is 12.8 Å². The summed E-state index contributed by atoms with van der Waals surface area (Å²) >= 11 is 0. The van der Waals surface area contributed by atoms with Crippen LogP contribution in [0, 0.1) is 5.92 Å². The van der Waals surface area contributed by atoms with Crippen LogP contribution in [0.15, 0.2) is 54.6 Å². The van der Waals surface area contributed by atoms with Crippen LogP contribution in [0.25, 0.3) is 10.9 Å². The zero-order chi connectivity index (χ0) is 30.4. The fourth-order valence-electron chi connectivity index (χ4n) is 5.37. The number of rotatable bonds is 11. The van der Waals surface area contributed by atoms with Crippen molar-refractivity contribution in [2.45, 2.75) is 76.8 Å². The smallest absolute Gasteiger partial charge is 0.408 e. The molecule has 0 fully saturated rings. The Morgan fingerprint density at radius 3 is 2.38 bits per heavy atom. The molecular formula is C31H39N5O6. The van der Waals surface area contributed by atoms with Crippen LogP contribution in [0.1, 0.15) is 50.4 Å². The van der Waals surface area contributed by atoms with E-state index in [1.54, 1.807) is 0 Å². The van der Waals surface area contributed by atoms with Crippen molar-refractivity contribution in [3.8, 4) is 0 Å². The highest BCUT2D eigenvalue weighted by Gasteiger charge is 2.46. The molecule has 0 saturated heterocycles. The third-order valence-electron chi connectivity index (χ3n) is 8.04. The van der Waals surface area contributed by atoms with E-state index >= 15 is 0 Å². The van der Waals surface area contributed by atoms with E-state index in [1.807, 2.05) is 68.4 Å². The van der Waals surface area contributed by atoms with Gasteiger partial charge < -0.3 is 36.5 Å². The molecule has 0 spiro atoms. The van der Waals surface area contributed by atoms with Crippen molar-refractivity contribution in [2.24, 2.45) is 11.7 Å². The number of carbonyl (C=O) groups excluding carboxylic acids is 4. The number of carbonyl (C=O) groups is 4. The van der Waals surface area contributed by atoms with E-state index in [-0.39, 0.29) is 25.4 Å². The molecule has 1 aromatic heterocycles. The number of nitrogens with two attached hydrogens (primary N) is 1. The van der Waals surface area contributed by atoms with E-state index in [4.69, 9.17) is 10.5 Å². The Kier molecular flexibility index (Phi) is 9.52. The maximum atomic E-state index is 13.9. The van der Waals surface area contributed by atoms with Gasteiger partial charge in [-0.25, -0.2) is 4.79 Å². The summed E-state index contributed by atoms with van der Waals surface area (Å²) in [4.78, 5) is 56.0. The van der Waals surface area contributed by atoms with E-state index in [9.17, 15) is 24.3 Å². The SMILES string of the molecule is CC[C@H](C)[C@H](NC(=O)OCc1ccccc1)C(=O)N[C@@]1(C(=O)N[C@H](C(N)=O)[C@@H](C)O)CCc2[nH]c3ccccc3c2C1. The monoisotopic (exact) mass is 577 g/mol. The quantitative estimate of drug-likeness (QED) is 0.204. The molecule has 4 amide bonds. The Bertz CT molecular complexity index is 1440. The molecule has 7 N–H and O–H groups in total. The highest BCUT2D eigenvalue weighted by atomic mass is 16.5. The van der Waals surface area contributed by atoms with E-state index in [0.717, 1.165) is 27.7 Å². The van der Waals surface area contributed by atoms with Gasteiger partial charge in [0.05, 0.1) is 6.10 Å². The maximum Gasteiger partial charge on any atom is 0.408 e. The summed E-state index contributed by atoms with van der Waals surface area (Å²) in [6, 6.07) is 14.5. The topological polar surface area (TPSA) is 176 Å². The molecule has 0 aliphatic heterocycles. The van der Waals surface area contributed by atoms with Gasteiger partial charge in [-0.1, -0.05) is 68.8 Å². The van der Waals surface area contributed by atoms with E-state index < -0.39 is 47.5 Å². The summed E-state index contributed by atoms with van der Waals surface area (Å²) in [7, 11) is 0. The first kappa shape index (κ1) is 30.6. The number of aryl methyl sites for hydroxylation is 1. The number of aliphatic hydroxyl groups is 1. The second-order valence-electron chi connectivity index (χ2n) is 11.0. The molecule has 2 aromatic carbocycles. The predicted octanol–water partition coefficient (Wildman–Crippen LogP) is 2.20. The molecule has 11 nitrogen and oxygen atoms in total. The number of para-hydroxylation sites is 1. The second kappa shape index (κ2) is 13.1. The first-order chi connectivity index (χ1) is 20.0. The number of nitrogens with one attached hydrogen (secondary N) is 4. The summed E-state index contributed by atoms with van der Waals surface area (Å²) in [5.41, 5.74) is 7.50. The number of H-pyrrole nitrogens is 1. The van der Waals surface area contributed by atoms with Gasteiger partial charge in [0.25, 0.3) is 0 Å². The van der Waals surface area contributed by atoms with Crippen LogP contribution in [-0.4, -0.2) is 57.6 Å². The number of aromatic nitrogens is 1. The number of ether oxygens (including phenoxy) is 1. The van der Waals surface area contributed by atoms with Crippen LogP contribution in [0.3, 0.4) is 0 Å². The number of hydrogen-bond acceptors (Lipinski definition) is 6. The van der Waals surface area contributed by atoms with Gasteiger partial charge in [-0.05, 0) is 42.9 Å². The van der Waals surface area contributed by atoms with Gasteiger partial charge in [-0.15, -0.1) is 0 Å². The van der Waals surface area contributed by atoms with E-state index in [1.165, 1.54) is 6.92 Å². The minimum atomic E-state index is -1.49. The lowest BCUT2D eigenvalue weighted by atomic mass is 9.78. The Morgan fingerprint density at radius 1 is 1.02 bits per heavy atom. The van der Waals surface area contributed by atoms with Crippen molar-refractivity contribution >= 4 is 34.7 Å². The summed E-state index contributed by atoms with van der Waals surface area (Å²) in [5, 5.41) is 19.2. The van der Waals surface area contributed by atoms with Crippen molar-refractivity contribution in [1.29, 1.82) is 0 Å². The maximum absolute atomic E-state index is 13.9. The molecule has 5 atom stereocenters. The van der Waals surface area contributed by atoms with Crippen LogP contribution >= 0.6 is 0 Å². The van der Waals surface area contributed by atoms with Crippen LogP contribution in [0.5, 0.6) is 0 Å². The van der Waals surface area contributed by atoms with Gasteiger partial charge in [-0.3, -0.25) is 14.4 Å². The average molecular weight is 578 g/mol. The summed E-state index contributed by atoms with van der Waals surface area (Å²) in [5.74, 6) is -2.40. The molecule has 3 aromatic rings. The first-order valence-electron chi connectivity index (χ1n) is 14.2. The summed E-state index contributed by atoms with van der Waals surface area (Å²) in [6.45, 7) is 5.10. The van der Waals surface area contributed by atoms with Gasteiger partial charge in [0.1, 0.15) is 24.2 Å². The molecule has 0 bridgehead atoms. The molecule has 4 rings (SSSR count). The largest absolute Gasteiger partial charge is 0.445 e. The highest BCUT2D eigenvalue weighted by molar-refractivity contribution is 5.98. The van der Waals surface area contributed by atoms with Crippen LogP contribution in [0.2, 0.25) is 0 Å². The highest BCUT2D eigenvalue weighted by Crippen LogP contribution is 2.34. The van der Waals surface area contributed by atoms with Crippen LogP contribution in [-0.2, 0) is 38.6 Å². The van der Waals surface area contributed by atoms with Crippen molar-refractivity contribution in [3.05, 3.63) is 71.4 Å². The lowest BCUT2D eigenvalue weighted by molar-refractivity contribution is -0.138. The molecule has 224 valence electrons. The fraction of sp³-hybridized carbons (Fsp3) is 0.419. The number of fused-ring (bicyclic) bond motifs is 3. The van der Waals surface area contributed by atoms with Crippen LogP contribution in [0.4, 0.5) is 4.79 Å². The zero-order valence-corrected chi connectivity index (χ0v) is 24.1. The normalized spacial score (nSPS) is 19.0. The number of hydrogen-bond donors (Lipinski definition) is 6. The number of aliphatic hydroxyl groups excluding tert-OH is 1. The Labute approximate surface area is 244 Å². The van der Waals surface area contributed by atoms with Crippen molar-refractivity contribution in [1.82, 2.24) is 20.9 Å². The van der Waals surface area contributed by atoms with Crippen molar-refractivity contribution in [3.63, 3.8) is 0 Å². The Hall–Kier alpha value is -4.38. The standard InChI is InChI=1S/C31H39N5O6/c1-4-18(2)25(35-30(41)42-17-20-10-6-5-7-11-20)28(39)36-31(29(40)34-26(19(3)37)27(32)38)15-14-24-22(16-31)21-12-8-9-13-23(21)33-24/h5-13,18-19,25-26,33,37H,4,14-17H2,1-3H3,(H2,32,38)(H,34,40)(H,35,41)(H,36,39)/t18-,19+,25-,26-,31-/m0/s1. The van der Waals surface area contributed by atoms with Crippen LogP contribution < -0.4 is 21.7 Å². The Balaban J connectivity index is 1.61. The Morgan fingerprint density at radius 2 is 1.71 bits per heavy atom. The molecule has 1 aliphatic rings. The molecule has 11 heteroatoms. The number of aromatic amines is 1. The predicted molar refractivity (Wildman–Crippen MR) is 157 cm³/mol.